The normalized spacial score (nSPS) is 22.7. The molecule has 2 rings (SSSR count). The molecule has 0 bridgehead atoms. The van der Waals surface area contributed by atoms with Crippen LogP contribution in [0.15, 0.2) is 29.2 Å². The number of anilines is 1. The first-order valence-corrected chi connectivity index (χ1v) is 8.42. The van der Waals surface area contributed by atoms with Crippen LogP contribution in [0.4, 0.5) is 5.69 Å². The third kappa shape index (κ3) is 2.86. The molecule has 1 aliphatic rings. The zero-order chi connectivity index (χ0) is 14.8. The highest BCUT2D eigenvalue weighted by Crippen LogP contribution is 2.25. The fourth-order valence-electron chi connectivity index (χ4n) is 2.35. The highest BCUT2D eigenvalue weighted by molar-refractivity contribution is 7.91. The fourth-order valence-corrected chi connectivity index (χ4v) is 3.40. The van der Waals surface area contributed by atoms with Crippen LogP contribution < -0.4 is 10.6 Å². The fraction of sp³-hybridized carbons (Fsp3) is 0.500. The van der Waals surface area contributed by atoms with Gasteiger partial charge < -0.3 is 10.6 Å². The Kier molecular flexibility index (Phi) is 4.15. The first kappa shape index (κ1) is 15.0. The molecule has 110 valence electrons. The van der Waals surface area contributed by atoms with E-state index in [-0.39, 0.29) is 16.6 Å². The summed E-state index contributed by atoms with van der Waals surface area (Å²) in [5, 5.41) is 5.92. The predicted octanol–water partition coefficient (Wildman–Crippen LogP) is 1.56. The van der Waals surface area contributed by atoms with Gasteiger partial charge in [-0.05, 0) is 38.4 Å². The highest BCUT2D eigenvalue weighted by atomic mass is 32.2. The minimum Gasteiger partial charge on any atom is -0.323 e. The highest BCUT2D eigenvalue weighted by Gasteiger charge is 2.36. The van der Waals surface area contributed by atoms with Crippen LogP contribution in [-0.2, 0) is 14.6 Å². The molecule has 1 atom stereocenters. The Morgan fingerprint density at radius 3 is 2.70 bits per heavy atom. The summed E-state index contributed by atoms with van der Waals surface area (Å²) in [7, 11) is -3.35. The van der Waals surface area contributed by atoms with Gasteiger partial charge in [0.2, 0.25) is 5.91 Å². The second kappa shape index (κ2) is 5.54. The lowest BCUT2D eigenvalue weighted by Gasteiger charge is -2.23. The van der Waals surface area contributed by atoms with Crippen molar-refractivity contribution in [3.8, 4) is 0 Å². The monoisotopic (exact) mass is 296 g/mol. The van der Waals surface area contributed by atoms with Gasteiger partial charge in [-0.15, -0.1) is 0 Å². The summed E-state index contributed by atoms with van der Waals surface area (Å²) in [6.07, 6.45) is 1.69. The number of rotatable bonds is 4. The van der Waals surface area contributed by atoms with Gasteiger partial charge in [0.25, 0.3) is 0 Å². The largest absolute Gasteiger partial charge is 0.323 e. The molecule has 1 heterocycles. The van der Waals surface area contributed by atoms with Crippen LogP contribution in [0.5, 0.6) is 0 Å². The minimum absolute atomic E-state index is 0.00933. The van der Waals surface area contributed by atoms with Crippen molar-refractivity contribution >= 4 is 21.4 Å². The van der Waals surface area contributed by atoms with Crippen LogP contribution in [0.1, 0.15) is 26.7 Å². The van der Waals surface area contributed by atoms with Gasteiger partial charge in [-0.1, -0.05) is 19.1 Å². The summed E-state index contributed by atoms with van der Waals surface area (Å²) >= 11 is 0. The lowest BCUT2D eigenvalue weighted by atomic mass is 9.99. The van der Waals surface area contributed by atoms with E-state index in [2.05, 4.69) is 10.6 Å². The topological polar surface area (TPSA) is 75.3 Å². The molecule has 1 amide bonds. The second-order valence-electron chi connectivity index (χ2n) is 5.22. The predicted molar refractivity (Wildman–Crippen MR) is 78.4 cm³/mol. The molecule has 20 heavy (non-hydrogen) atoms. The number of benzene rings is 1. The molecule has 0 aliphatic carbocycles. The number of carbonyl (C=O) groups is 1. The summed E-state index contributed by atoms with van der Waals surface area (Å²) in [6.45, 7) is 4.23. The smallest absolute Gasteiger partial charge is 0.244 e. The number of nitrogens with one attached hydrogen (secondary N) is 2. The molecule has 2 N–H and O–H groups in total. The van der Waals surface area contributed by atoms with E-state index in [4.69, 9.17) is 0 Å². The Labute approximate surface area is 119 Å². The molecule has 1 fully saturated rings. The minimum atomic E-state index is -3.35. The van der Waals surface area contributed by atoms with Gasteiger partial charge in [0.05, 0.1) is 21.9 Å². The van der Waals surface area contributed by atoms with Crippen molar-refractivity contribution in [1.82, 2.24) is 5.32 Å². The lowest BCUT2D eigenvalue weighted by Crippen LogP contribution is -2.48. The quantitative estimate of drug-likeness (QED) is 0.884. The molecule has 1 saturated heterocycles. The molecule has 0 radical (unpaired) electrons. The third-order valence-corrected chi connectivity index (χ3v) is 5.51. The molecule has 0 aromatic heterocycles. The van der Waals surface area contributed by atoms with Crippen molar-refractivity contribution in [1.29, 1.82) is 0 Å². The maximum atomic E-state index is 12.3. The van der Waals surface area contributed by atoms with E-state index in [0.717, 1.165) is 19.4 Å². The molecule has 1 aliphatic heterocycles. The van der Waals surface area contributed by atoms with Crippen molar-refractivity contribution in [3.05, 3.63) is 24.3 Å². The number of para-hydroxylation sites is 1. The Hall–Kier alpha value is -1.40. The van der Waals surface area contributed by atoms with E-state index < -0.39 is 15.4 Å². The number of sulfone groups is 1. The van der Waals surface area contributed by atoms with E-state index in [1.165, 1.54) is 6.07 Å². The number of carbonyl (C=O) groups excluding carboxylic acids is 1. The van der Waals surface area contributed by atoms with Gasteiger partial charge in [-0.25, -0.2) is 8.42 Å². The van der Waals surface area contributed by atoms with Gasteiger partial charge in [-0.3, -0.25) is 4.79 Å². The van der Waals surface area contributed by atoms with Crippen LogP contribution in [-0.4, -0.2) is 32.2 Å². The van der Waals surface area contributed by atoms with Gasteiger partial charge in [0, 0.05) is 0 Å². The second-order valence-corrected chi connectivity index (χ2v) is 7.46. The molecule has 0 saturated carbocycles. The molecule has 1 aromatic rings. The zero-order valence-corrected chi connectivity index (χ0v) is 12.6. The van der Waals surface area contributed by atoms with E-state index in [1.54, 1.807) is 25.1 Å². The number of amides is 1. The standard InChI is InChI=1S/C14H20N2O3S/c1-3-20(18,19)12-8-5-4-7-11(12)16-13(17)14(2)9-6-10-15-14/h4-5,7-8,15H,3,6,9-10H2,1-2H3,(H,16,17). The number of hydrogen-bond acceptors (Lipinski definition) is 4. The van der Waals surface area contributed by atoms with Crippen molar-refractivity contribution in [2.24, 2.45) is 0 Å². The molecular weight excluding hydrogens is 276 g/mol. The molecular formula is C14H20N2O3S. The molecule has 1 aromatic carbocycles. The average molecular weight is 296 g/mol. The van der Waals surface area contributed by atoms with Crippen molar-refractivity contribution in [3.63, 3.8) is 0 Å². The van der Waals surface area contributed by atoms with Crippen molar-refractivity contribution < 1.29 is 13.2 Å². The van der Waals surface area contributed by atoms with E-state index in [9.17, 15) is 13.2 Å². The molecule has 0 spiro atoms. The molecule has 5 nitrogen and oxygen atoms in total. The summed E-state index contributed by atoms with van der Waals surface area (Å²) in [6, 6.07) is 6.53. The molecule has 1 unspecified atom stereocenters. The van der Waals surface area contributed by atoms with Crippen molar-refractivity contribution in [2.45, 2.75) is 37.1 Å². The maximum absolute atomic E-state index is 12.3. The van der Waals surface area contributed by atoms with Crippen LogP contribution in [0.3, 0.4) is 0 Å². The summed E-state index contributed by atoms with van der Waals surface area (Å²) in [5.41, 5.74) is -0.266. The van der Waals surface area contributed by atoms with E-state index >= 15 is 0 Å². The molecule has 6 heteroatoms. The van der Waals surface area contributed by atoms with Gasteiger partial charge in [0.1, 0.15) is 0 Å². The van der Waals surface area contributed by atoms with Crippen LogP contribution in [0.2, 0.25) is 0 Å². The van der Waals surface area contributed by atoms with Gasteiger partial charge in [0.15, 0.2) is 9.84 Å². The Bertz CT molecular complexity index is 605. The number of hydrogen-bond donors (Lipinski definition) is 2. The first-order chi connectivity index (χ1) is 9.39. The Morgan fingerprint density at radius 2 is 2.10 bits per heavy atom. The van der Waals surface area contributed by atoms with Crippen LogP contribution in [0.25, 0.3) is 0 Å². The Morgan fingerprint density at radius 1 is 1.40 bits per heavy atom. The van der Waals surface area contributed by atoms with Crippen molar-refractivity contribution in [2.75, 3.05) is 17.6 Å². The van der Waals surface area contributed by atoms with Gasteiger partial charge in [-0.2, -0.15) is 0 Å². The van der Waals surface area contributed by atoms with Crippen LogP contribution in [0, 0.1) is 0 Å². The van der Waals surface area contributed by atoms with E-state index in [1.807, 2.05) is 6.92 Å². The third-order valence-electron chi connectivity index (χ3n) is 3.72. The summed E-state index contributed by atoms with van der Waals surface area (Å²) < 4.78 is 24.1. The zero-order valence-electron chi connectivity index (χ0n) is 11.8. The first-order valence-electron chi connectivity index (χ1n) is 6.77. The maximum Gasteiger partial charge on any atom is 0.244 e. The SMILES string of the molecule is CCS(=O)(=O)c1ccccc1NC(=O)C1(C)CCCN1. The van der Waals surface area contributed by atoms with Gasteiger partial charge >= 0.3 is 0 Å². The lowest BCUT2D eigenvalue weighted by molar-refractivity contribution is -0.121. The van der Waals surface area contributed by atoms with E-state index in [0.29, 0.717) is 5.69 Å². The Balaban J connectivity index is 2.29. The summed E-state index contributed by atoms with van der Waals surface area (Å²) in [4.78, 5) is 12.5. The van der Waals surface area contributed by atoms with Crippen LogP contribution >= 0.6 is 0 Å². The average Bonchev–Trinajstić information content (AvgIpc) is 2.87. The summed E-state index contributed by atoms with van der Waals surface area (Å²) in [5.74, 6) is -0.177.